The molecule has 0 amide bonds. The minimum Gasteiger partial charge on any atom is -0.211 e. The molecular weight excluding hydrogens is 386 g/mol. The minimum atomic E-state index is -0.487. The second-order valence-corrected chi connectivity index (χ2v) is 7.54. The molecular formula is C22H17Cl2FS. The van der Waals surface area contributed by atoms with Crippen LogP contribution < -0.4 is 0 Å². The first-order valence-corrected chi connectivity index (χ1v) is 10.1. The molecule has 0 aliphatic heterocycles. The van der Waals surface area contributed by atoms with Crippen LogP contribution in [0.3, 0.4) is 0 Å². The van der Waals surface area contributed by atoms with Crippen LogP contribution in [0.5, 0.6) is 0 Å². The molecule has 0 aliphatic carbocycles. The monoisotopic (exact) mass is 402 g/mol. The summed E-state index contributed by atoms with van der Waals surface area (Å²) in [6, 6.07) is 22.6. The van der Waals surface area contributed by atoms with E-state index < -0.39 is 5.92 Å². The lowest BCUT2D eigenvalue weighted by Crippen LogP contribution is -2.02. The summed E-state index contributed by atoms with van der Waals surface area (Å²) in [5, 5.41) is 0.956. The fourth-order valence-electron chi connectivity index (χ4n) is 2.80. The molecule has 0 heterocycles. The van der Waals surface area contributed by atoms with Crippen molar-refractivity contribution in [1.29, 1.82) is 0 Å². The average Bonchev–Trinajstić information content (AvgIpc) is 2.66. The molecule has 26 heavy (non-hydrogen) atoms. The summed E-state index contributed by atoms with van der Waals surface area (Å²) in [7, 11) is 0. The molecule has 0 aliphatic rings. The lowest BCUT2D eigenvalue weighted by Gasteiger charge is -2.17. The second-order valence-electron chi connectivity index (χ2n) is 5.81. The molecule has 4 heteroatoms. The largest absolute Gasteiger partial charge is 0.211 e. The molecule has 0 saturated heterocycles. The van der Waals surface area contributed by atoms with Gasteiger partial charge in [0.1, 0.15) is 5.83 Å². The zero-order chi connectivity index (χ0) is 18.5. The van der Waals surface area contributed by atoms with E-state index in [9.17, 15) is 0 Å². The van der Waals surface area contributed by atoms with Crippen LogP contribution in [0, 0.1) is 0 Å². The summed E-state index contributed by atoms with van der Waals surface area (Å²) in [6.45, 7) is 0. The predicted octanol–water partition coefficient (Wildman–Crippen LogP) is 7.86. The molecule has 132 valence electrons. The maximum Gasteiger partial charge on any atom is 0.112 e. The van der Waals surface area contributed by atoms with Crippen LogP contribution in [0.1, 0.15) is 22.6 Å². The number of rotatable bonds is 5. The van der Waals surface area contributed by atoms with Crippen molar-refractivity contribution < 1.29 is 4.39 Å². The van der Waals surface area contributed by atoms with Crippen molar-refractivity contribution in [2.75, 3.05) is 6.26 Å². The van der Waals surface area contributed by atoms with Gasteiger partial charge < -0.3 is 0 Å². The van der Waals surface area contributed by atoms with E-state index in [2.05, 4.69) is 0 Å². The van der Waals surface area contributed by atoms with Gasteiger partial charge in [-0.15, -0.1) is 11.8 Å². The lowest BCUT2D eigenvalue weighted by atomic mass is 9.89. The van der Waals surface area contributed by atoms with Crippen LogP contribution in [0.2, 0.25) is 10.0 Å². The molecule has 1 atom stereocenters. The highest BCUT2D eigenvalue weighted by molar-refractivity contribution is 7.98. The number of allylic oxidation sites excluding steroid dienone is 1. The van der Waals surface area contributed by atoms with Gasteiger partial charge in [-0.25, -0.2) is 4.39 Å². The van der Waals surface area contributed by atoms with Gasteiger partial charge in [0.2, 0.25) is 0 Å². The molecule has 0 aromatic heterocycles. The summed E-state index contributed by atoms with van der Waals surface area (Å²) >= 11 is 13.8. The first-order chi connectivity index (χ1) is 12.6. The highest BCUT2D eigenvalue weighted by Gasteiger charge is 2.20. The molecule has 0 saturated carbocycles. The summed E-state index contributed by atoms with van der Waals surface area (Å²) in [6.07, 6.45) is 3.51. The van der Waals surface area contributed by atoms with Crippen LogP contribution >= 0.6 is 35.0 Å². The molecule has 1 unspecified atom stereocenters. The Bertz CT molecular complexity index is 905. The molecule has 3 aromatic carbocycles. The van der Waals surface area contributed by atoms with Gasteiger partial charge in [0.25, 0.3) is 0 Å². The van der Waals surface area contributed by atoms with Crippen LogP contribution in [0.25, 0.3) is 6.08 Å². The van der Waals surface area contributed by atoms with Gasteiger partial charge in [0, 0.05) is 14.9 Å². The standard InChI is InChI=1S/C22H17Cl2FS/c1-26-19-11-8-16(9-12-19)22(15-5-3-2-4-6-15)21(25)13-17-7-10-18(23)14-20(17)24/h2-14,22H,1H3/b21-13-. The quantitative estimate of drug-likeness (QED) is 0.391. The molecule has 0 N–H and O–H groups in total. The fraction of sp³-hybridized carbons (Fsp3) is 0.0909. The molecule has 0 bridgehead atoms. The van der Waals surface area contributed by atoms with Gasteiger partial charge >= 0.3 is 0 Å². The van der Waals surface area contributed by atoms with Crippen LogP contribution in [-0.2, 0) is 0 Å². The maximum absolute atomic E-state index is 15.4. The van der Waals surface area contributed by atoms with E-state index in [-0.39, 0.29) is 5.83 Å². The van der Waals surface area contributed by atoms with Gasteiger partial charge in [0.15, 0.2) is 0 Å². The third-order valence-corrected chi connectivity index (χ3v) is 5.42. The van der Waals surface area contributed by atoms with Gasteiger partial charge in [-0.2, -0.15) is 0 Å². The number of halogens is 3. The van der Waals surface area contributed by atoms with E-state index in [1.165, 1.54) is 6.08 Å². The highest BCUT2D eigenvalue weighted by Crippen LogP contribution is 2.35. The summed E-state index contributed by atoms with van der Waals surface area (Å²) in [4.78, 5) is 1.14. The van der Waals surface area contributed by atoms with Crippen LogP contribution in [0.4, 0.5) is 4.39 Å². The minimum absolute atomic E-state index is 0.266. The van der Waals surface area contributed by atoms with Crippen molar-refractivity contribution in [3.63, 3.8) is 0 Å². The molecule has 3 aromatic rings. The van der Waals surface area contributed by atoms with E-state index in [4.69, 9.17) is 23.2 Å². The Balaban J connectivity index is 2.06. The Morgan fingerprint density at radius 3 is 2.19 bits per heavy atom. The van der Waals surface area contributed by atoms with Gasteiger partial charge in [-0.3, -0.25) is 0 Å². The number of benzene rings is 3. The first-order valence-electron chi connectivity index (χ1n) is 8.09. The molecule has 0 fully saturated rings. The average molecular weight is 403 g/mol. The summed E-state index contributed by atoms with van der Waals surface area (Å²) in [5.41, 5.74) is 2.39. The SMILES string of the molecule is CSc1ccc(C(/C(F)=C/c2ccc(Cl)cc2Cl)c2ccccc2)cc1. The van der Waals surface area contributed by atoms with E-state index in [0.717, 1.165) is 16.0 Å². The molecule has 0 nitrogen and oxygen atoms in total. The highest BCUT2D eigenvalue weighted by atomic mass is 35.5. The van der Waals surface area contributed by atoms with E-state index in [0.29, 0.717) is 15.6 Å². The smallest absolute Gasteiger partial charge is 0.112 e. The Morgan fingerprint density at radius 2 is 1.58 bits per heavy atom. The van der Waals surface area contributed by atoms with E-state index in [1.807, 2.05) is 60.9 Å². The molecule has 3 rings (SSSR count). The topological polar surface area (TPSA) is 0 Å². The number of hydrogen-bond acceptors (Lipinski definition) is 1. The second kappa shape index (κ2) is 8.77. The third-order valence-electron chi connectivity index (χ3n) is 4.11. The van der Waals surface area contributed by atoms with Crippen molar-refractivity contribution in [3.8, 4) is 0 Å². The van der Waals surface area contributed by atoms with E-state index in [1.54, 1.807) is 30.0 Å². The zero-order valence-corrected chi connectivity index (χ0v) is 16.5. The van der Waals surface area contributed by atoms with Crippen molar-refractivity contribution in [1.82, 2.24) is 0 Å². The molecule has 0 spiro atoms. The fourth-order valence-corrected chi connectivity index (χ4v) is 3.67. The Hall–Kier alpha value is -1.74. The first kappa shape index (κ1) is 19.0. The maximum atomic E-state index is 15.4. The van der Waals surface area contributed by atoms with Crippen molar-refractivity contribution >= 4 is 41.0 Å². The number of thioether (sulfide) groups is 1. The summed E-state index contributed by atoms with van der Waals surface area (Å²) < 4.78 is 15.4. The van der Waals surface area contributed by atoms with Crippen LogP contribution in [0.15, 0.2) is 83.5 Å². The van der Waals surface area contributed by atoms with Crippen LogP contribution in [-0.4, -0.2) is 6.26 Å². The lowest BCUT2D eigenvalue weighted by molar-refractivity contribution is 0.586. The third kappa shape index (κ3) is 4.50. The van der Waals surface area contributed by atoms with Gasteiger partial charge in [-0.05, 0) is 53.3 Å². The van der Waals surface area contributed by atoms with Gasteiger partial charge in [-0.1, -0.05) is 71.7 Å². The predicted molar refractivity (Wildman–Crippen MR) is 112 cm³/mol. The van der Waals surface area contributed by atoms with Gasteiger partial charge in [0.05, 0.1) is 5.92 Å². The normalized spacial score (nSPS) is 12.8. The van der Waals surface area contributed by atoms with E-state index >= 15 is 4.39 Å². The Morgan fingerprint density at radius 1 is 0.923 bits per heavy atom. The zero-order valence-electron chi connectivity index (χ0n) is 14.1. The summed E-state index contributed by atoms with van der Waals surface area (Å²) in [5.74, 6) is -0.754. The Labute approximate surface area is 167 Å². The van der Waals surface area contributed by atoms with Crippen molar-refractivity contribution in [2.24, 2.45) is 0 Å². The number of hydrogen-bond donors (Lipinski definition) is 0. The molecule has 0 radical (unpaired) electrons. The van der Waals surface area contributed by atoms with Crippen molar-refractivity contribution in [2.45, 2.75) is 10.8 Å². The van der Waals surface area contributed by atoms with Crippen molar-refractivity contribution in [3.05, 3.63) is 105 Å². The Kier molecular flexibility index (Phi) is 6.42.